The molecule has 2 fully saturated rings. The van der Waals surface area contributed by atoms with E-state index in [9.17, 15) is 0 Å². The fraction of sp³-hybridized carbons (Fsp3) is 0.588. The Morgan fingerprint density at radius 1 is 1.05 bits per heavy atom. The third-order valence-corrected chi connectivity index (χ3v) is 4.93. The lowest BCUT2D eigenvalue weighted by Crippen LogP contribution is -2.43. The number of benzene rings is 1. The average molecular weight is 287 g/mol. The maximum Gasteiger partial charge on any atom is 0.168 e. The summed E-state index contributed by atoms with van der Waals surface area (Å²) in [5.41, 5.74) is 3.37. The highest BCUT2D eigenvalue weighted by atomic mass is 16.7. The fourth-order valence-electron chi connectivity index (χ4n) is 3.64. The van der Waals surface area contributed by atoms with Gasteiger partial charge in [0.25, 0.3) is 0 Å². The van der Waals surface area contributed by atoms with Gasteiger partial charge in [-0.1, -0.05) is 35.0 Å². The predicted molar refractivity (Wildman–Crippen MR) is 79.3 cm³/mol. The minimum Gasteiger partial charge on any atom is -0.389 e. The molecule has 4 rings (SSSR count). The Morgan fingerprint density at radius 3 is 2.52 bits per heavy atom. The van der Waals surface area contributed by atoms with Crippen LogP contribution in [0.25, 0.3) is 0 Å². The molecule has 1 saturated heterocycles. The summed E-state index contributed by atoms with van der Waals surface area (Å²) in [6, 6.07) is 8.47. The summed E-state index contributed by atoms with van der Waals surface area (Å²) >= 11 is 0. The normalized spacial score (nSPS) is 26.0. The van der Waals surface area contributed by atoms with E-state index in [1.54, 1.807) is 0 Å². The van der Waals surface area contributed by atoms with Gasteiger partial charge in [-0.3, -0.25) is 0 Å². The van der Waals surface area contributed by atoms with Crippen LogP contribution >= 0.6 is 0 Å². The Kier molecular flexibility index (Phi) is 3.05. The first kappa shape index (κ1) is 13.3. The summed E-state index contributed by atoms with van der Waals surface area (Å²) in [4.78, 5) is 5.87. The van der Waals surface area contributed by atoms with Crippen LogP contribution in [0.15, 0.2) is 29.4 Å². The molecule has 2 heterocycles. The zero-order chi connectivity index (χ0) is 14.3. The van der Waals surface area contributed by atoms with Crippen LogP contribution in [-0.4, -0.2) is 30.3 Å². The van der Waals surface area contributed by atoms with Gasteiger partial charge in [0, 0.05) is 19.3 Å². The van der Waals surface area contributed by atoms with Crippen molar-refractivity contribution in [2.24, 2.45) is 5.16 Å². The SMILES string of the molecule is Cc1cccc(C2=NOC3(CCC4(CC3)OCCO4)C2)c1. The second kappa shape index (κ2) is 4.82. The molecule has 0 unspecified atom stereocenters. The molecule has 0 radical (unpaired) electrons. The standard InChI is InChI=1S/C17H21NO3/c1-13-3-2-4-14(11-13)15-12-16(21-18-15)5-7-17(8-6-16)19-9-10-20-17/h2-4,11H,5-10,12H2,1H3. The third-order valence-electron chi connectivity index (χ3n) is 4.93. The van der Waals surface area contributed by atoms with Crippen molar-refractivity contribution in [3.8, 4) is 0 Å². The molecule has 4 nitrogen and oxygen atoms in total. The van der Waals surface area contributed by atoms with E-state index in [0.29, 0.717) is 0 Å². The lowest BCUT2D eigenvalue weighted by Gasteiger charge is -2.39. The largest absolute Gasteiger partial charge is 0.389 e. The molecule has 2 aliphatic heterocycles. The van der Waals surface area contributed by atoms with Crippen LogP contribution in [0.3, 0.4) is 0 Å². The lowest BCUT2D eigenvalue weighted by molar-refractivity contribution is -0.206. The van der Waals surface area contributed by atoms with Gasteiger partial charge in [-0.25, -0.2) is 0 Å². The Labute approximate surface area is 125 Å². The molecule has 0 bridgehead atoms. The molecule has 1 aliphatic carbocycles. The zero-order valence-corrected chi connectivity index (χ0v) is 12.4. The third kappa shape index (κ3) is 2.36. The highest BCUT2D eigenvalue weighted by Gasteiger charge is 2.50. The summed E-state index contributed by atoms with van der Waals surface area (Å²) in [5, 5.41) is 4.37. The Morgan fingerprint density at radius 2 is 1.81 bits per heavy atom. The van der Waals surface area contributed by atoms with Crippen LogP contribution in [0, 0.1) is 6.92 Å². The van der Waals surface area contributed by atoms with Crippen LogP contribution < -0.4 is 0 Å². The molecule has 0 N–H and O–H groups in total. The maximum absolute atomic E-state index is 5.87. The van der Waals surface area contributed by atoms with Gasteiger partial charge in [-0.05, 0) is 25.3 Å². The van der Waals surface area contributed by atoms with Gasteiger partial charge in [0.15, 0.2) is 5.79 Å². The molecule has 4 heteroatoms. The molecule has 0 atom stereocenters. The second-order valence-corrected chi connectivity index (χ2v) is 6.47. The lowest BCUT2D eigenvalue weighted by atomic mass is 9.78. The van der Waals surface area contributed by atoms with Crippen LogP contribution in [0.2, 0.25) is 0 Å². The van der Waals surface area contributed by atoms with E-state index in [2.05, 4.69) is 36.3 Å². The monoisotopic (exact) mass is 287 g/mol. The van der Waals surface area contributed by atoms with Crippen molar-refractivity contribution in [3.63, 3.8) is 0 Å². The van der Waals surface area contributed by atoms with Gasteiger partial charge >= 0.3 is 0 Å². The predicted octanol–water partition coefficient (Wildman–Crippen LogP) is 3.18. The topological polar surface area (TPSA) is 40.0 Å². The number of rotatable bonds is 1. The van der Waals surface area contributed by atoms with Gasteiger partial charge < -0.3 is 14.3 Å². The number of ether oxygens (including phenoxy) is 2. The van der Waals surface area contributed by atoms with Crippen molar-refractivity contribution in [1.29, 1.82) is 0 Å². The van der Waals surface area contributed by atoms with E-state index in [1.165, 1.54) is 11.1 Å². The van der Waals surface area contributed by atoms with E-state index in [4.69, 9.17) is 14.3 Å². The first-order valence-corrected chi connectivity index (χ1v) is 7.79. The average Bonchev–Trinajstić information content (AvgIpc) is 3.11. The Hall–Kier alpha value is -1.39. The first-order chi connectivity index (χ1) is 10.2. The fourth-order valence-corrected chi connectivity index (χ4v) is 3.64. The molecule has 1 saturated carbocycles. The number of nitrogens with zero attached hydrogens (tertiary/aromatic N) is 1. The highest BCUT2D eigenvalue weighted by Crippen LogP contribution is 2.46. The highest BCUT2D eigenvalue weighted by molar-refractivity contribution is 6.01. The number of hydrogen-bond acceptors (Lipinski definition) is 4. The van der Waals surface area contributed by atoms with Crippen molar-refractivity contribution in [2.45, 2.75) is 50.4 Å². The van der Waals surface area contributed by atoms with Gasteiger partial charge in [-0.15, -0.1) is 0 Å². The molecule has 2 spiro atoms. The van der Waals surface area contributed by atoms with Crippen LogP contribution in [-0.2, 0) is 14.3 Å². The summed E-state index contributed by atoms with van der Waals surface area (Å²) in [7, 11) is 0. The molecule has 112 valence electrons. The quantitative estimate of drug-likeness (QED) is 0.796. The molecule has 0 aromatic heterocycles. The second-order valence-electron chi connectivity index (χ2n) is 6.47. The number of oxime groups is 1. The van der Waals surface area contributed by atoms with Gasteiger partial charge in [-0.2, -0.15) is 0 Å². The zero-order valence-electron chi connectivity index (χ0n) is 12.4. The molecule has 1 aromatic rings. The van der Waals surface area contributed by atoms with E-state index in [-0.39, 0.29) is 11.4 Å². The van der Waals surface area contributed by atoms with Crippen molar-refractivity contribution >= 4 is 5.71 Å². The Bertz CT molecular complexity index is 565. The molecule has 21 heavy (non-hydrogen) atoms. The van der Waals surface area contributed by atoms with Crippen molar-refractivity contribution < 1.29 is 14.3 Å². The number of aryl methyl sites for hydroxylation is 1. The van der Waals surface area contributed by atoms with Gasteiger partial charge in [0.1, 0.15) is 5.60 Å². The molecular formula is C17H21NO3. The summed E-state index contributed by atoms with van der Waals surface area (Å²) in [6.07, 6.45) is 4.61. The van der Waals surface area contributed by atoms with Crippen molar-refractivity contribution in [3.05, 3.63) is 35.4 Å². The van der Waals surface area contributed by atoms with Gasteiger partial charge in [0.05, 0.1) is 18.9 Å². The molecular weight excluding hydrogens is 266 g/mol. The molecule has 3 aliphatic rings. The van der Waals surface area contributed by atoms with Crippen molar-refractivity contribution in [1.82, 2.24) is 0 Å². The smallest absolute Gasteiger partial charge is 0.168 e. The van der Waals surface area contributed by atoms with E-state index in [1.807, 2.05) is 0 Å². The molecule has 0 amide bonds. The van der Waals surface area contributed by atoms with Gasteiger partial charge in [0.2, 0.25) is 0 Å². The van der Waals surface area contributed by atoms with E-state index in [0.717, 1.165) is 51.0 Å². The van der Waals surface area contributed by atoms with E-state index < -0.39 is 0 Å². The number of hydrogen-bond donors (Lipinski definition) is 0. The van der Waals surface area contributed by atoms with Crippen LogP contribution in [0.5, 0.6) is 0 Å². The summed E-state index contributed by atoms with van der Waals surface area (Å²) in [6.45, 7) is 3.55. The summed E-state index contributed by atoms with van der Waals surface area (Å²) in [5.74, 6) is -0.333. The van der Waals surface area contributed by atoms with Crippen LogP contribution in [0.4, 0.5) is 0 Å². The van der Waals surface area contributed by atoms with Crippen molar-refractivity contribution in [2.75, 3.05) is 13.2 Å². The minimum absolute atomic E-state index is 0.139. The minimum atomic E-state index is -0.333. The first-order valence-electron chi connectivity index (χ1n) is 7.79. The maximum atomic E-state index is 5.87. The van der Waals surface area contributed by atoms with E-state index >= 15 is 0 Å². The Balaban J connectivity index is 1.46. The molecule has 1 aromatic carbocycles. The van der Waals surface area contributed by atoms with Crippen LogP contribution in [0.1, 0.15) is 43.2 Å². The summed E-state index contributed by atoms with van der Waals surface area (Å²) < 4.78 is 11.6.